The molecule has 5 rings (SSSR count). The zero-order chi connectivity index (χ0) is 26.1. The summed E-state index contributed by atoms with van der Waals surface area (Å²) in [5, 5.41) is -0.427. The van der Waals surface area contributed by atoms with Gasteiger partial charge in [0.2, 0.25) is 0 Å². The average Bonchev–Trinajstić information content (AvgIpc) is 3.33. The number of ketones is 1. The van der Waals surface area contributed by atoms with Gasteiger partial charge in [0.15, 0.2) is 5.78 Å². The third-order valence-electron chi connectivity index (χ3n) is 6.79. The van der Waals surface area contributed by atoms with Crippen molar-refractivity contribution in [2.24, 2.45) is 0 Å². The maximum absolute atomic E-state index is 13.0. The maximum Gasteiger partial charge on any atom is 0.293 e. The summed E-state index contributed by atoms with van der Waals surface area (Å²) in [6, 6.07) is 17.6. The van der Waals surface area contributed by atoms with Crippen molar-refractivity contribution in [2.75, 3.05) is 37.7 Å². The predicted octanol–water partition coefficient (Wildman–Crippen LogP) is 5.16. The van der Waals surface area contributed by atoms with Gasteiger partial charge in [-0.2, -0.15) is 0 Å². The number of thioether (sulfide) groups is 1. The first-order chi connectivity index (χ1) is 17.8. The predicted molar refractivity (Wildman–Crippen MR) is 146 cm³/mol. The van der Waals surface area contributed by atoms with Crippen LogP contribution in [0, 0.1) is 20.8 Å². The van der Waals surface area contributed by atoms with Gasteiger partial charge in [0.05, 0.1) is 24.7 Å². The Morgan fingerprint density at radius 1 is 0.946 bits per heavy atom. The van der Waals surface area contributed by atoms with E-state index in [0.29, 0.717) is 10.5 Å². The number of hydrogen-bond acceptors (Lipinski definition) is 6. The quantitative estimate of drug-likeness (QED) is 0.334. The molecule has 0 unspecified atom stereocenters. The molecular weight excluding hydrogens is 486 g/mol. The number of hydrogen-bond donors (Lipinski definition) is 0. The van der Waals surface area contributed by atoms with E-state index in [4.69, 9.17) is 4.74 Å². The number of nitrogens with zero attached hydrogens (tertiary/aromatic N) is 3. The van der Waals surface area contributed by atoms with Crippen molar-refractivity contribution in [3.8, 4) is 5.69 Å². The second-order valence-electron chi connectivity index (χ2n) is 9.33. The van der Waals surface area contributed by atoms with Crippen LogP contribution in [0.25, 0.3) is 11.8 Å². The van der Waals surface area contributed by atoms with Crippen molar-refractivity contribution in [2.45, 2.75) is 20.8 Å². The summed E-state index contributed by atoms with van der Waals surface area (Å²) in [7, 11) is 0. The Balaban J connectivity index is 1.34. The van der Waals surface area contributed by atoms with Crippen LogP contribution in [-0.4, -0.2) is 59.2 Å². The largest absolute Gasteiger partial charge is 0.378 e. The number of morpholine rings is 1. The number of amides is 2. The van der Waals surface area contributed by atoms with Crippen molar-refractivity contribution >= 4 is 40.5 Å². The molecule has 1 aromatic heterocycles. The van der Waals surface area contributed by atoms with Crippen molar-refractivity contribution in [3.63, 3.8) is 0 Å². The molecule has 0 radical (unpaired) electrons. The van der Waals surface area contributed by atoms with Gasteiger partial charge in [0, 0.05) is 41.4 Å². The van der Waals surface area contributed by atoms with Crippen LogP contribution in [0.15, 0.2) is 59.5 Å². The number of benzene rings is 2. The van der Waals surface area contributed by atoms with Gasteiger partial charge in [0.25, 0.3) is 11.1 Å². The molecule has 0 aliphatic carbocycles. The third-order valence-corrected chi connectivity index (χ3v) is 7.70. The molecule has 2 aliphatic heterocycles. The number of aryl methyl sites for hydroxylation is 2. The molecule has 37 heavy (non-hydrogen) atoms. The van der Waals surface area contributed by atoms with Crippen molar-refractivity contribution < 1.29 is 19.1 Å². The lowest BCUT2D eigenvalue weighted by Crippen LogP contribution is -2.36. The second-order valence-corrected chi connectivity index (χ2v) is 10.3. The van der Waals surface area contributed by atoms with Crippen LogP contribution in [-0.2, 0) is 9.53 Å². The lowest BCUT2D eigenvalue weighted by Gasteiger charge is -2.29. The molecule has 2 amide bonds. The van der Waals surface area contributed by atoms with Crippen LogP contribution in [0.1, 0.15) is 32.9 Å². The molecule has 2 aromatic carbocycles. The van der Waals surface area contributed by atoms with E-state index in [0.717, 1.165) is 71.2 Å². The molecule has 2 fully saturated rings. The Kier molecular flexibility index (Phi) is 7.04. The normalized spacial score (nSPS) is 17.2. The zero-order valence-corrected chi connectivity index (χ0v) is 22.0. The summed E-state index contributed by atoms with van der Waals surface area (Å²) >= 11 is 0.875. The minimum Gasteiger partial charge on any atom is -0.378 e. The summed E-state index contributed by atoms with van der Waals surface area (Å²) in [6.45, 7) is 8.95. The average molecular weight is 516 g/mol. The summed E-state index contributed by atoms with van der Waals surface area (Å²) < 4.78 is 7.59. The number of aromatic nitrogens is 1. The smallest absolute Gasteiger partial charge is 0.293 e. The standard InChI is InChI=1S/C29H29N3O4S/c1-19-4-6-22(7-5-19)26(33)18-31-28(34)27(37-29(31)35)17-23-16-20(2)32(21(23)3)25-10-8-24(9-11-25)30-12-14-36-15-13-30/h4-11,16-17H,12-15,18H2,1-3H3/b27-17-. The molecule has 3 aromatic rings. The highest BCUT2D eigenvalue weighted by atomic mass is 32.2. The minimum atomic E-state index is -0.435. The first-order valence-corrected chi connectivity index (χ1v) is 13.1. The van der Waals surface area contributed by atoms with Crippen LogP contribution in [0.2, 0.25) is 0 Å². The third kappa shape index (κ3) is 5.12. The Labute approximate surface area is 220 Å². The van der Waals surface area contributed by atoms with Gasteiger partial charge in [-0.3, -0.25) is 19.3 Å². The number of ether oxygens (including phenoxy) is 1. The summed E-state index contributed by atoms with van der Waals surface area (Å²) in [5.74, 6) is -0.697. The number of anilines is 1. The molecule has 7 nitrogen and oxygen atoms in total. The Morgan fingerprint density at radius 2 is 1.59 bits per heavy atom. The molecule has 0 bridgehead atoms. The molecule has 0 atom stereocenters. The number of imide groups is 1. The highest BCUT2D eigenvalue weighted by Gasteiger charge is 2.36. The Hall–Kier alpha value is -3.62. The highest BCUT2D eigenvalue weighted by molar-refractivity contribution is 8.18. The zero-order valence-electron chi connectivity index (χ0n) is 21.2. The molecule has 190 valence electrons. The van der Waals surface area contributed by atoms with E-state index in [2.05, 4.69) is 33.7 Å². The molecular formula is C29H29N3O4S. The Morgan fingerprint density at radius 3 is 2.27 bits per heavy atom. The van der Waals surface area contributed by atoms with Crippen LogP contribution < -0.4 is 4.90 Å². The van der Waals surface area contributed by atoms with Crippen molar-refractivity contribution in [3.05, 3.63) is 87.6 Å². The fourth-order valence-electron chi connectivity index (χ4n) is 4.72. The van der Waals surface area contributed by atoms with Gasteiger partial charge in [0.1, 0.15) is 0 Å². The summed E-state index contributed by atoms with van der Waals surface area (Å²) in [5.41, 5.74) is 6.58. The van der Waals surface area contributed by atoms with Crippen LogP contribution in [0.4, 0.5) is 10.5 Å². The van der Waals surface area contributed by atoms with E-state index in [1.54, 1.807) is 18.2 Å². The van der Waals surface area contributed by atoms with Gasteiger partial charge in [-0.25, -0.2) is 0 Å². The lowest BCUT2D eigenvalue weighted by atomic mass is 10.1. The van der Waals surface area contributed by atoms with E-state index in [1.807, 2.05) is 39.0 Å². The molecule has 0 saturated carbocycles. The van der Waals surface area contributed by atoms with Crippen LogP contribution >= 0.6 is 11.8 Å². The van der Waals surface area contributed by atoms with Gasteiger partial charge >= 0.3 is 0 Å². The minimum absolute atomic E-state index is 0.262. The van der Waals surface area contributed by atoms with E-state index < -0.39 is 11.1 Å². The van der Waals surface area contributed by atoms with Gasteiger partial charge in [-0.15, -0.1) is 0 Å². The first-order valence-electron chi connectivity index (χ1n) is 12.3. The molecule has 8 heteroatoms. The van der Waals surface area contributed by atoms with Gasteiger partial charge < -0.3 is 14.2 Å². The number of Topliss-reactive ketones (excluding diaryl/α,β-unsaturated/α-hetero) is 1. The topological polar surface area (TPSA) is 71.8 Å². The van der Waals surface area contributed by atoms with E-state index >= 15 is 0 Å². The van der Waals surface area contributed by atoms with Crippen LogP contribution in [0.5, 0.6) is 0 Å². The SMILES string of the molecule is Cc1ccc(C(=O)CN2C(=O)S/C(=C\c3cc(C)n(-c4ccc(N5CCOCC5)cc4)c3C)C2=O)cc1. The van der Waals surface area contributed by atoms with Crippen molar-refractivity contribution in [1.82, 2.24) is 9.47 Å². The van der Waals surface area contributed by atoms with Gasteiger partial charge in [-0.1, -0.05) is 29.8 Å². The highest BCUT2D eigenvalue weighted by Crippen LogP contribution is 2.34. The summed E-state index contributed by atoms with van der Waals surface area (Å²) in [6.07, 6.45) is 1.75. The number of rotatable bonds is 6. The first kappa shape index (κ1) is 25.0. The molecule has 3 heterocycles. The fourth-order valence-corrected chi connectivity index (χ4v) is 5.55. The van der Waals surface area contributed by atoms with Gasteiger partial charge in [-0.05, 0) is 74.5 Å². The molecule has 2 aliphatic rings. The van der Waals surface area contributed by atoms with E-state index in [9.17, 15) is 14.4 Å². The van der Waals surface area contributed by atoms with Crippen molar-refractivity contribution in [1.29, 1.82) is 0 Å². The number of carbonyl (C=O) groups is 3. The fraction of sp³-hybridized carbons (Fsp3) is 0.276. The van der Waals surface area contributed by atoms with E-state index in [-0.39, 0.29) is 12.3 Å². The lowest BCUT2D eigenvalue weighted by molar-refractivity contribution is -0.122. The molecule has 0 spiro atoms. The monoisotopic (exact) mass is 515 g/mol. The summed E-state index contributed by atoms with van der Waals surface area (Å²) in [4.78, 5) is 42.0. The molecule has 0 N–H and O–H groups in total. The maximum atomic E-state index is 13.0. The van der Waals surface area contributed by atoms with E-state index in [1.165, 1.54) is 5.69 Å². The van der Waals surface area contributed by atoms with Crippen LogP contribution in [0.3, 0.4) is 0 Å². The second kappa shape index (κ2) is 10.4. The molecule has 2 saturated heterocycles. The number of carbonyl (C=O) groups excluding carboxylic acids is 3. The Bertz CT molecular complexity index is 1380.